The van der Waals surface area contributed by atoms with Crippen molar-refractivity contribution >= 4 is 39.6 Å². The van der Waals surface area contributed by atoms with Gasteiger partial charge in [0.1, 0.15) is 47.1 Å². The molecule has 4 aromatic heterocycles. The first-order valence-corrected chi connectivity index (χ1v) is 16.8. The lowest BCUT2D eigenvalue weighted by Gasteiger charge is -2.31. The SMILES string of the molecule is COc1cc(F)ccc1-n1ncc2c(N3C[C@@H]4C[C@H]3C(=O)N3CCOC[C@@H](C3)Cn3c(C)nc5cccc(c53)-c3cccc(n3)N4)ncnc21. The van der Waals surface area contributed by atoms with Gasteiger partial charge in [-0.25, -0.2) is 29.0 Å². The number of fused-ring (bicyclic) bond motifs is 8. The maximum absolute atomic E-state index is 14.7. The Kier molecular flexibility index (Phi) is 7.34. The number of nitrogens with zero attached hydrogens (tertiary/aromatic N) is 9. The maximum Gasteiger partial charge on any atom is 0.245 e. The lowest BCUT2D eigenvalue weighted by molar-refractivity contribution is -0.132. The molecule has 2 saturated heterocycles. The number of para-hydroxylation sites is 1. The molecule has 6 bridgehead atoms. The van der Waals surface area contributed by atoms with Crippen LogP contribution in [0.2, 0.25) is 0 Å². The van der Waals surface area contributed by atoms with Crippen molar-refractivity contribution in [3.8, 4) is 22.7 Å². The van der Waals surface area contributed by atoms with Crippen LogP contribution >= 0.6 is 0 Å². The van der Waals surface area contributed by atoms with E-state index in [2.05, 4.69) is 30.9 Å². The number of amides is 1. The van der Waals surface area contributed by atoms with E-state index in [0.29, 0.717) is 74.1 Å². The Morgan fingerprint density at radius 1 is 1.04 bits per heavy atom. The first-order chi connectivity index (χ1) is 24.4. The molecule has 3 aliphatic heterocycles. The number of rotatable bonds is 3. The van der Waals surface area contributed by atoms with Gasteiger partial charge in [-0.15, -0.1) is 0 Å². The highest BCUT2D eigenvalue weighted by Gasteiger charge is 2.42. The molecule has 13 nitrogen and oxygen atoms in total. The third-order valence-corrected chi connectivity index (χ3v) is 10.00. The molecular weight excluding hydrogens is 639 g/mol. The zero-order valence-corrected chi connectivity index (χ0v) is 27.7. The fraction of sp³-hybridized carbons (Fsp3) is 0.333. The molecule has 0 spiro atoms. The standard InChI is InChI=1S/C36H35FN10O3/c1-21-41-28-7-3-5-25-27-6-4-8-32(43-27)42-24-14-30(36(48)44-11-12-50-19-22(16-44)17-45(21)33(25)28)46(18-24)34-26-15-40-47(35(26)39-20-38-34)29-10-9-23(37)13-31(29)49-2/h3-10,13,15,20,22,24,30H,11-12,14,16-19H2,1-2H3,(H,42,43)/t22-,24-,30-/m0/s1. The molecule has 0 unspecified atom stereocenters. The Morgan fingerprint density at radius 3 is 2.84 bits per heavy atom. The zero-order valence-electron chi connectivity index (χ0n) is 27.7. The Hall–Kier alpha value is -5.63. The molecule has 0 radical (unpaired) electrons. The average molecular weight is 675 g/mol. The van der Waals surface area contributed by atoms with Gasteiger partial charge in [0.2, 0.25) is 5.91 Å². The van der Waals surface area contributed by atoms with Gasteiger partial charge in [-0.3, -0.25) is 4.79 Å². The van der Waals surface area contributed by atoms with E-state index < -0.39 is 11.9 Å². The van der Waals surface area contributed by atoms with E-state index in [9.17, 15) is 9.18 Å². The number of pyridine rings is 1. The first kappa shape index (κ1) is 30.4. The molecule has 0 aliphatic carbocycles. The molecule has 0 saturated carbocycles. The van der Waals surface area contributed by atoms with Crippen molar-refractivity contribution in [3.63, 3.8) is 0 Å². The lowest BCUT2D eigenvalue weighted by Crippen LogP contribution is -2.48. The summed E-state index contributed by atoms with van der Waals surface area (Å²) in [6, 6.07) is 15.8. The van der Waals surface area contributed by atoms with Crippen LogP contribution in [0.15, 0.2) is 67.1 Å². The summed E-state index contributed by atoms with van der Waals surface area (Å²) in [4.78, 5) is 38.0. The number of carbonyl (C=O) groups excluding carboxylic acids is 1. The molecule has 7 heterocycles. The monoisotopic (exact) mass is 674 g/mol. The highest BCUT2D eigenvalue weighted by Crippen LogP contribution is 2.35. The number of halogens is 1. The van der Waals surface area contributed by atoms with E-state index in [-0.39, 0.29) is 17.9 Å². The number of aryl methyl sites for hydroxylation is 1. The summed E-state index contributed by atoms with van der Waals surface area (Å²) in [5.74, 6) is 2.21. The Bertz CT molecular complexity index is 2270. The molecule has 2 fully saturated rings. The fourth-order valence-electron chi connectivity index (χ4n) is 7.74. The molecule has 1 amide bonds. The van der Waals surface area contributed by atoms with E-state index in [1.807, 2.05) is 42.2 Å². The highest BCUT2D eigenvalue weighted by atomic mass is 19.1. The quantitative estimate of drug-likeness (QED) is 0.291. The van der Waals surface area contributed by atoms with Gasteiger partial charge in [0, 0.05) is 49.8 Å². The number of methoxy groups -OCH3 is 1. The number of nitrogens with one attached hydrogen (secondary N) is 1. The van der Waals surface area contributed by atoms with Crippen molar-refractivity contribution in [2.75, 3.05) is 50.2 Å². The molecule has 254 valence electrons. The van der Waals surface area contributed by atoms with Crippen LogP contribution in [0, 0.1) is 18.7 Å². The number of hydrogen-bond acceptors (Lipinski definition) is 10. The smallest absolute Gasteiger partial charge is 0.245 e. The Labute approximate surface area is 286 Å². The summed E-state index contributed by atoms with van der Waals surface area (Å²) < 4.78 is 29.5. The molecule has 14 heteroatoms. The second-order valence-corrected chi connectivity index (χ2v) is 13.1. The van der Waals surface area contributed by atoms with Gasteiger partial charge < -0.3 is 29.2 Å². The third kappa shape index (κ3) is 5.09. The van der Waals surface area contributed by atoms with Crippen molar-refractivity contribution in [1.29, 1.82) is 0 Å². The summed E-state index contributed by atoms with van der Waals surface area (Å²) in [6.45, 7) is 5.22. The number of benzene rings is 2. The summed E-state index contributed by atoms with van der Waals surface area (Å²) >= 11 is 0. The van der Waals surface area contributed by atoms with Crippen LogP contribution < -0.4 is 15.0 Å². The molecule has 3 aliphatic rings. The summed E-state index contributed by atoms with van der Waals surface area (Å²) in [5.41, 5.74) is 4.86. The van der Waals surface area contributed by atoms with Crippen molar-refractivity contribution in [2.24, 2.45) is 5.92 Å². The largest absolute Gasteiger partial charge is 0.494 e. The Morgan fingerprint density at radius 2 is 1.94 bits per heavy atom. The number of hydrogen-bond donors (Lipinski definition) is 1. The predicted molar refractivity (Wildman–Crippen MR) is 185 cm³/mol. The summed E-state index contributed by atoms with van der Waals surface area (Å²) in [6.07, 6.45) is 3.71. The van der Waals surface area contributed by atoms with Gasteiger partial charge in [-0.05, 0) is 43.7 Å². The number of carbonyl (C=O) groups is 1. The van der Waals surface area contributed by atoms with Gasteiger partial charge in [-0.2, -0.15) is 5.10 Å². The van der Waals surface area contributed by atoms with Crippen molar-refractivity contribution in [2.45, 2.75) is 32.0 Å². The van der Waals surface area contributed by atoms with Crippen LogP contribution in [0.4, 0.5) is 16.0 Å². The van der Waals surface area contributed by atoms with Crippen LogP contribution in [0.5, 0.6) is 5.75 Å². The first-order valence-electron chi connectivity index (χ1n) is 16.8. The number of anilines is 2. The van der Waals surface area contributed by atoms with E-state index in [4.69, 9.17) is 24.4 Å². The van der Waals surface area contributed by atoms with Crippen LogP contribution in [-0.2, 0) is 16.1 Å². The van der Waals surface area contributed by atoms with Gasteiger partial charge in [-0.1, -0.05) is 18.2 Å². The number of ether oxygens (including phenoxy) is 2. The molecule has 2 aromatic carbocycles. The summed E-state index contributed by atoms with van der Waals surface area (Å²) in [5, 5.41) is 8.93. The molecule has 6 aromatic rings. The second-order valence-electron chi connectivity index (χ2n) is 13.1. The number of aromatic nitrogens is 7. The topological polar surface area (TPSA) is 128 Å². The molecule has 50 heavy (non-hydrogen) atoms. The zero-order chi connectivity index (χ0) is 33.9. The molecular formula is C36H35FN10O3. The van der Waals surface area contributed by atoms with Gasteiger partial charge in [0.05, 0.1) is 48.6 Å². The molecule has 9 rings (SSSR count). The van der Waals surface area contributed by atoms with Crippen LogP contribution in [-0.4, -0.2) is 97.1 Å². The third-order valence-electron chi connectivity index (χ3n) is 10.00. The van der Waals surface area contributed by atoms with E-state index in [1.54, 1.807) is 16.9 Å². The minimum Gasteiger partial charge on any atom is -0.494 e. The highest BCUT2D eigenvalue weighted by molar-refractivity contribution is 5.94. The van der Waals surface area contributed by atoms with Crippen LogP contribution in [0.25, 0.3) is 39.0 Å². The molecule has 1 N–H and O–H groups in total. The van der Waals surface area contributed by atoms with Gasteiger partial charge in [0.25, 0.3) is 0 Å². The maximum atomic E-state index is 14.7. The van der Waals surface area contributed by atoms with Crippen LogP contribution in [0.1, 0.15) is 12.2 Å². The molecule has 3 atom stereocenters. The Balaban J connectivity index is 1.15. The lowest BCUT2D eigenvalue weighted by atomic mass is 10.1. The number of imidazole rings is 1. The van der Waals surface area contributed by atoms with Gasteiger partial charge >= 0.3 is 0 Å². The minimum atomic E-state index is -0.514. The van der Waals surface area contributed by atoms with Gasteiger partial charge in [0.15, 0.2) is 5.65 Å². The van der Waals surface area contributed by atoms with Crippen molar-refractivity contribution in [1.82, 2.24) is 39.2 Å². The average Bonchev–Trinajstić information content (AvgIpc) is 3.78. The normalized spacial score (nSPS) is 20.8. The minimum absolute atomic E-state index is 0.0219. The second kappa shape index (κ2) is 12.1. The van der Waals surface area contributed by atoms with Crippen molar-refractivity contribution < 1.29 is 18.7 Å². The van der Waals surface area contributed by atoms with Crippen LogP contribution in [0.3, 0.4) is 0 Å². The van der Waals surface area contributed by atoms with Crippen molar-refractivity contribution in [3.05, 3.63) is 78.8 Å². The van der Waals surface area contributed by atoms with E-state index >= 15 is 0 Å². The van der Waals surface area contributed by atoms with E-state index in [1.165, 1.54) is 25.6 Å². The predicted octanol–water partition coefficient (Wildman–Crippen LogP) is 4.23. The van der Waals surface area contributed by atoms with E-state index in [0.717, 1.165) is 33.9 Å². The summed E-state index contributed by atoms with van der Waals surface area (Å²) in [7, 11) is 1.49. The fourth-order valence-corrected chi connectivity index (χ4v) is 7.74.